The molecule has 0 fully saturated rings. The van der Waals surface area contributed by atoms with Crippen LogP contribution in [0.5, 0.6) is 0 Å². The van der Waals surface area contributed by atoms with E-state index in [2.05, 4.69) is 4.74 Å². The van der Waals surface area contributed by atoms with Crippen LogP contribution < -0.4 is 0 Å². The van der Waals surface area contributed by atoms with Gasteiger partial charge in [0.2, 0.25) is 0 Å². The lowest BCUT2D eigenvalue weighted by molar-refractivity contribution is 0.0600. The molecule has 20 heavy (non-hydrogen) atoms. The topological polar surface area (TPSA) is 43.4 Å². The molecule has 0 saturated carbocycles. The molecule has 102 valence electrons. The molecule has 2 aromatic carbocycles. The molecule has 0 bridgehead atoms. The fraction of sp³-hybridized carbons (Fsp3) is 0.125. The lowest BCUT2D eigenvalue weighted by atomic mass is 10.0. The van der Waals surface area contributed by atoms with Gasteiger partial charge in [-0.3, -0.25) is 4.79 Å². The van der Waals surface area contributed by atoms with E-state index >= 15 is 0 Å². The van der Waals surface area contributed by atoms with Crippen LogP contribution in [0.1, 0.15) is 26.3 Å². The van der Waals surface area contributed by atoms with Gasteiger partial charge in [0.05, 0.1) is 17.7 Å². The molecule has 0 saturated heterocycles. The summed E-state index contributed by atoms with van der Waals surface area (Å²) >= 11 is 5.99. The van der Waals surface area contributed by atoms with Crippen molar-refractivity contribution in [2.45, 2.75) is 6.42 Å². The van der Waals surface area contributed by atoms with Crippen LogP contribution in [0, 0.1) is 0 Å². The summed E-state index contributed by atoms with van der Waals surface area (Å²) in [6.07, 6.45) is 0.241. The molecule has 0 radical (unpaired) electrons. The van der Waals surface area contributed by atoms with Crippen molar-refractivity contribution in [2.75, 3.05) is 7.11 Å². The number of methoxy groups -OCH3 is 1. The summed E-state index contributed by atoms with van der Waals surface area (Å²) in [6, 6.07) is 13.7. The SMILES string of the molecule is COC(=O)c1ccc(CC(=O)c2ccccc2Cl)cc1. The molecule has 0 aromatic heterocycles. The van der Waals surface area contributed by atoms with E-state index in [0.717, 1.165) is 5.56 Å². The van der Waals surface area contributed by atoms with Crippen molar-refractivity contribution in [3.05, 3.63) is 70.2 Å². The first-order valence-electron chi connectivity index (χ1n) is 6.07. The molecular formula is C16H13ClO3. The van der Waals surface area contributed by atoms with Crippen molar-refractivity contribution in [3.63, 3.8) is 0 Å². The zero-order valence-electron chi connectivity index (χ0n) is 10.9. The van der Waals surface area contributed by atoms with Gasteiger partial charge < -0.3 is 4.74 Å². The lowest BCUT2D eigenvalue weighted by Crippen LogP contribution is -2.05. The monoisotopic (exact) mass is 288 g/mol. The molecule has 0 N–H and O–H groups in total. The predicted octanol–water partition coefficient (Wildman–Crippen LogP) is 3.55. The van der Waals surface area contributed by atoms with E-state index in [0.29, 0.717) is 16.1 Å². The molecular weight excluding hydrogens is 276 g/mol. The zero-order chi connectivity index (χ0) is 14.5. The number of Topliss-reactive ketones (excluding diaryl/α,β-unsaturated/α-hetero) is 1. The van der Waals surface area contributed by atoms with Gasteiger partial charge in [0, 0.05) is 12.0 Å². The number of ether oxygens (including phenoxy) is 1. The highest BCUT2D eigenvalue weighted by atomic mass is 35.5. The highest BCUT2D eigenvalue weighted by Gasteiger charge is 2.11. The van der Waals surface area contributed by atoms with Crippen LogP contribution in [0.2, 0.25) is 5.02 Å². The fourth-order valence-corrected chi connectivity index (χ4v) is 2.09. The van der Waals surface area contributed by atoms with E-state index < -0.39 is 5.97 Å². The molecule has 0 spiro atoms. The second-order valence-corrected chi connectivity index (χ2v) is 4.68. The van der Waals surface area contributed by atoms with Crippen molar-refractivity contribution in [1.82, 2.24) is 0 Å². The number of esters is 1. The number of carbonyl (C=O) groups excluding carboxylic acids is 2. The third-order valence-electron chi connectivity index (χ3n) is 2.91. The Labute approximate surface area is 122 Å². The van der Waals surface area contributed by atoms with E-state index in [1.54, 1.807) is 48.5 Å². The summed E-state index contributed by atoms with van der Waals surface area (Å²) in [5.41, 5.74) is 1.79. The summed E-state index contributed by atoms with van der Waals surface area (Å²) in [6.45, 7) is 0. The van der Waals surface area contributed by atoms with Gasteiger partial charge in [-0.25, -0.2) is 4.79 Å². The maximum absolute atomic E-state index is 12.1. The van der Waals surface area contributed by atoms with Gasteiger partial charge in [0.25, 0.3) is 0 Å². The molecule has 0 aliphatic carbocycles. The van der Waals surface area contributed by atoms with Gasteiger partial charge in [-0.05, 0) is 29.8 Å². The van der Waals surface area contributed by atoms with Gasteiger partial charge in [-0.15, -0.1) is 0 Å². The van der Waals surface area contributed by atoms with Gasteiger partial charge in [0.1, 0.15) is 0 Å². The molecule has 2 aromatic rings. The largest absolute Gasteiger partial charge is 0.465 e. The maximum atomic E-state index is 12.1. The number of hydrogen-bond donors (Lipinski definition) is 0. The molecule has 0 aliphatic rings. The molecule has 4 heteroatoms. The van der Waals surface area contributed by atoms with Crippen molar-refractivity contribution < 1.29 is 14.3 Å². The average Bonchev–Trinajstić information content (AvgIpc) is 2.47. The van der Waals surface area contributed by atoms with Crippen LogP contribution in [0.15, 0.2) is 48.5 Å². The van der Waals surface area contributed by atoms with Crippen molar-refractivity contribution in [1.29, 1.82) is 0 Å². The van der Waals surface area contributed by atoms with Crippen LogP contribution in [0.3, 0.4) is 0 Å². The highest BCUT2D eigenvalue weighted by Crippen LogP contribution is 2.17. The van der Waals surface area contributed by atoms with Crippen LogP contribution in [-0.2, 0) is 11.2 Å². The van der Waals surface area contributed by atoms with Crippen molar-refractivity contribution in [2.24, 2.45) is 0 Å². The first kappa shape index (κ1) is 14.3. The first-order chi connectivity index (χ1) is 9.61. The van der Waals surface area contributed by atoms with Crippen molar-refractivity contribution >= 4 is 23.4 Å². The lowest BCUT2D eigenvalue weighted by Gasteiger charge is -2.04. The van der Waals surface area contributed by atoms with Crippen LogP contribution in [-0.4, -0.2) is 18.9 Å². The number of halogens is 1. The summed E-state index contributed by atoms with van der Waals surface area (Å²) in [4.78, 5) is 23.4. The Balaban J connectivity index is 2.13. The number of ketones is 1. The average molecular weight is 289 g/mol. The van der Waals surface area contributed by atoms with E-state index in [-0.39, 0.29) is 12.2 Å². The third kappa shape index (κ3) is 3.25. The Morgan fingerprint density at radius 1 is 1.05 bits per heavy atom. The van der Waals surface area contributed by atoms with Gasteiger partial charge in [-0.1, -0.05) is 35.9 Å². The molecule has 0 aliphatic heterocycles. The first-order valence-corrected chi connectivity index (χ1v) is 6.44. The fourth-order valence-electron chi connectivity index (χ4n) is 1.84. The Morgan fingerprint density at radius 2 is 1.70 bits per heavy atom. The minimum atomic E-state index is -0.394. The standard InChI is InChI=1S/C16H13ClO3/c1-20-16(19)12-8-6-11(7-9-12)10-15(18)13-4-2-3-5-14(13)17/h2-9H,10H2,1H3. The van der Waals surface area contributed by atoms with E-state index in [4.69, 9.17) is 11.6 Å². The third-order valence-corrected chi connectivity index (χ3v) is 3.24. The van der Waals surface area contributed by atoms with Crippen LogP contribution in [0.25, 0.3) is 0 Å². The van der Waals surface area contributed by atoms with Crippen molar-refractivity contribution in [3.8, 4) is 0 Å². The molecule has 0 unspecified atom stereocenters. The minimum absolute atomic E-state index is 0.0542. The van der Waals surface area contributed by atoms with E-state index in [1.165, 1.54) is 7.11 Å². The predicted molar refractivity (Wildman–Crippen MR) is 77.3 cm³/mol. The number of rotatable bonds is 4. The second-order valence-electron chi connectivity index (χ2n) is 4.27. The summed E-state index contributed by atoms with van der Waals surface area (Å²) in [7, 11) is 1.33. The van der Waals surface area contributed by atoms with Gasteiger partial charge in [-0.2, -0.15) is 0 Å². The Bertz CT molecular complexity index is 632. The zero-order valence-corrected chi connectivity index (χ0v) is 11.7. The van der Waals surface area contributed by atoms with Gasteiger partial charge >= 0.3 is 5.97 Å². The number of carbonyl (C=O) groups is 2. The Morgan fingerprint density at radius 3 is 2.30 bits per heavy atom. The van der Waals surface area contributed by atoms with Crippen LogP contribution >= 0.6 is 11.6 Å². The van der Waals surface area contributed by atoms with E-state index in [9.17, 15) is 9.59 Å². The minimum Gasteiger partial charge on any atom is -0.465 e. The second kappa shape index (κ2) is 6.35. The number of hydrogen-bond acceptors (Lipinski definition) is 3. The van der Waals surface area contributed by atoms with Gasteiger partial charge in [0.15, 0.2) is 5.78 Å². The normalized spacial score (nSPS) is 10.1. The number of benzene rings is 2. The molecule has 0 heterocycles. The molecule has 2 rings (SSSR count). The molecule has 0 amide bonds. The summed E-state index contributed by atoms with van der Waals surface area (Å²) in [5.74, 6) is -0.449. The molecule has 0 atom stereocenters. The smallest absolute Gasteiger partial charge is 0.337 e. The summed E-state index contributed by atoms with van der Waals surface area (Å²) < 4.78 is 4.62. The quantitative estimate of drug-likeness (QED) is 0.638. The van der Waals surface area contributed by atoms with Crippen LogP contribution in [0.4, 0.5) is 0 Å². The maximum Gasteiger partial charge on any atom is 0.337 e. The Kier molecular flexibility index (Phi) is 4.53. The van der Waals surface area contributed by atoms with E-state index in [1.807, 2.05) is 0 Å². The Hall–Kier alpha value is -2.13. The molecule has 3 nitrogen and oxygen atoms in total. The summed E-state index contributed by atoms with van der Waals surface area (Å²) in [5, 5.41) is 0.448. The highest BCUT2D eigenvalue weighted by molar-refractivity contribution is 6.34.